The maximum atomic E-state index is 12.3. The van der Waals surface area contributed by atoms with Crippen LogP contribution in [0.2, 0.25) is 0 Å². The molecule has 0 spiro atoms. The fraction of sp³-hybridized carbons (Fsp3) is 0.333. The molecule has 218 valence electrons. The third-order valence-electron chi connectivity index (χ3n) is 4.74. The highest BCUT2D eigenvalue weighted by Gasteiger charge is 2.17. The number of carbonyl (C=O) groups excluding carboxylic acids is 1. The first kappa shape index (κ1) is 33.0. The first-order valence-electron chi connectivity index (χ1n) is 11.1. The van der Waals surface area contributed by atoms with Crippen molar-refractivity contribution >= 4 is 61.2 Å². The van der Waals surface area contributed by atoms with Gasteiger partial charge < -0.3 is 15.1 Å². The molecular formula is C21H25N5O11S3. The third kappa shape index (κ3) is 11.9. The van der Waals surface area contributed by atoms with Crippen molar-refractivity contribution in [2.75, 3.05) is 48.8 Å². The molecule has 16 nitrogen and oxygen atoms in total. The number of rotatable bonds is 17. The molecule has 2 rings (SSSR count). The van der Waals surface area contributed by atoms with Gasteiger partial charge in [0.1, 0.15) is 5.69 Å². The van der Waals surface area contributed by atoms with E-state index in [1.807, 2.05) is 4.90 Å². The quantitative estimate of drug-likeness (QED) is 0.0442. The zero-order valence-electron chi connectivity index (χ0n) is 20.9. The van der Waals surface area contributed by atoms with Crippen molar-refractivity contribution in [3.63, 3.8) is 0 Å². The van der Waals surface area contributed by atoms with Crippen LogP contribution in [0.3, 0.4) is 0 Å². The number of nitrogens with zero attached hydrogens (tertiary/aromatic N) is 4. The molecule has 19 heteroatoms. The number of sulfone groups is 1. The Balaban J connectivity index is 2.20. The lowest BCUT2D eigenvalue weighted by atomic mass is 10.2. The van der Waals surface area contributed by atoms with E-state index in [0.29, 0.717) is 42.5 Å². The Labute approximate surface area is 234 Å². The van der Waals surface area contributed by atoms with E-state index < -0.39 is 32.6 Å². The van der Waals surface area contributed by atoms with Crippen LogP contribution in [-0.2, 0) is 42.8 Å². The summed E-state index contributed by atoms with van der Waals surface area (Å²) in [5.74, 6) is -1.04. The summed E-state index contributed by atoms with van der Waals surface area (Å²) in [5, 5.41) is 22.5. The summed E-state index contributed by atoms with van der Waals surface area (Å²) in [6.07, 6.45) is 0. The summed E-state index contributed by atoms with van der Waals surface area (Å²) >= 11 is 0.425. The van der Waals surface area contributed by atoms with E-state index in [9.17, 15) is 21.6 Å². The molecule has 0 saturated carbocycles. The van der Waals surface area contributed by atoms with Crippen molar-refractivity contribution in [1.82, 2.24) is 0 Å². The second kappa shape index (κ2) is 16.2. The monoisotopic (exact) mass is 619 g/mol. The zero-order chi connectivity index (χ0) is 29.6. The van der Waals surface area contributed by atoms with Gasteiger partial charge in [-0.15, -0.1) is 9.45 Å². The maximum absolute atomic E-state index is 12.3. The largest absolute Gasteiger partial charge is 0.397 e. The zero-order valence-corrected chi connectivity index (χ0v) is 23.3. The normalized spacial score (nSPS) is 11.8. The van der Waals surface area contributed by atoms with Crippen LogP contribution in [0.5, 0.6) is 0 Å². The summed E-state index contributed by atoms with van der Waals surface area (Å²) in [6.45, 7) is 8.66. The molecule has 0 aliphatic rings. The van der Waals surface area contributed by atoms with Gasteiger partial charge in [0.25, 0.3) is 0 Å². The van der Waals surface area contributed by atoms with Crippen LogP contribution in [0.15, 0.2) is 57.6 Å². The molecule has 0 fully saturated rings. The van der Waals surface area contributed by atoms with E-state index in [2.05, 4.69) is 33.9 Å². The van der Waals surface area contributed by atoms with Crippen LogP contribution in [0, 0.1) is 6.57 Å². The van der Waals surface area contributed by atoms with E-state index in [-0.39, 0.29) is 29.6 Å². The van der Waals surface area contributed by atoms with E-state index >= 15 is 0 Å². The van der Waals surface area contributed by atoms with Crippen LogP contribution < -0.4 is 10.2 Å². The predicted molar refractivity (Wildman–Crippen MR) is 143 cm³/mol. The summed E-state index contributed by atoms with van der Waals surface area (Å²) < 4.78 is 67.7. The van der Waals surface area contributed by atoms with Gasteiger partial charge in [-0.3, -0.25) is 13.5 Å². The smallest absolute Gasteiger partial charge is 0.362 e. The number of hydrogen-bond acceptors (Lipinski definition) is 14. The molecule has 0 heterocycles. The van der Waals surface area contributed by atoms with Gasteiger partial charge in [0, 0.05) is 19.2 Å². The molecule has 0 bridgehead atoms. The summed E-state index contributed by atoms with van der Waals surface area (Å²) in [5.41, 5.74) is 1.55. The van der Waals surface area contributed by atoms with Crippen molar-refractivity contribution < 1.29 is 49.2 Å². The average Bonchev–Trinajstić information content (AvgIpc) is 2.88. The summed E-state index contributed by atoms with van der Waals surface area (Å²) in [4.78, 5) is 16.9. The minimum absolute atomic E-state index is 0.119. The lowest BCUT2D eigenvalue weighted by Crippen LogP contribution is -2.29. The van der Waals surface area contributed by atoms with Crippen LogP contribution in [0.4, 0.5) is 22.7 Å². The Morgan fingerprint density at radius 2 is 1.82 bits per heavy atom. The van der Waals surface area contributed by atoms with Gasteiger partial charge in [0.05, 0.1) is 41.8 Å². The standard InChI is InChI=1S/C21H25N5O11S3/c1-16(27)23-21-15-18(26(10-9-22-2)11-12-34-38-37-36-28)5-8-20(21)25-24-17-3-6-19(7-4-17)39(29,30)14-13-35-40(31,32)33/h3-8,15,28H,9-14H2,1H3,(H,23,27)(H,31,32,33). The molecule has 0 unspecified atom stereocenters. The highest BCUT2D eigenvalue weighted by molar-refractivity contribution is 7.91. The number of carbonyl (C=O) groups is 1. The molecule has 0 aliphatic carbocycles. The first-order chi connectivity index (χ1) is 18.9. The summed E-state index contributed by atoms with van der Waals surface area (Å²) in [7, 11) is -8.65. The molecule has 40 heavy (non-hydrogen) atoms. The number of benzene rings is 2. The molecule has 0 saturated heterocycles. The van der Waals surface area contributed by atoms with Gasteiger partial charge in [-0.1, -0.05) is 5.04 Å². The number of hydrogen-bond donors (Lipinski definition) is 3. The number of azo groups is 1. The van der Waals surface area contributed by atoms with Gasteiger partial charge >= 0.3 is 10.4 Å². The Morgan fingerprint density at radius 1 is 1.10 bits per heavy atom. The molecule has 2 aromatic rings. The minimum Gasteiger partial charge on any atom is -0.362 e. The van der Waals surface area contributed by atoms with Gasteiger partial charge in [0.2, 0.25) is 12.5 Å². The second-order valence-corrected chi connectivity index (χ2v) is 11.3. The first-order valence-corrected chi connectivity index (χ1v) is 14.8. The molecule has 1 amide bonds. The number of nitrogens with one attached hydrogen (secondary N) is 1. The number of amides is 1. The Bertz CT molecular complexity index is 1410. The van der Waals surface area contributed by atoms with E-state index in [0.717, 1.165) is 0 Å². The lowest BCUT2D eigenvalue weighted by Gasteiger charge is -2.23. The van der Waals surface area contributed by atoms with Crippen LogP contribution in [0.25, 0.3) is 4.85 Å². The van der Waals surface area contributed by atoms with Crippen LogP contribution >= 0.6 is 12.3 Å². The molecular weight excluding hydrogens is 594 g/mol. The topological polar surface area (TPSA) is 207 Å². The van der Waals surface area contributed by atoms with Crippen LogP contribution in [0.1, 0.15) is 6.92 Å². The van der Waals surface area contributed by atoms with E-state index in [1.165, 1.54) is 31.2 Å². The second-order valence-electron chi connectivity index (χ2n) is 7.55. The van der Waals surface area contributed by atoms with E-state index in [1.54, 1.807) is 18.2 Å². The van der Waals surface area contributed by atoms with Crippen molar-refractivity contribution in [1.29, 1.82) is 0 Å². The summed E-state index contributed by atoms with van der Waals surface area (Å²) in [6, 6.07) is 10.2. The minimum atomic E-state index is -4.76. The van der Waals surface area contributed by atoms with Crippen molar-refractivity contribution in [3.05, 3.63) is 53.9 Å². The van der Waals surface area contributed by atoms with Crippen molar-refractivity contribution in [2.24, 2.45) is 10.2 Å². The molecule has 3 N–H and O–H groups in total. The third-order valence-corrected chi connectivity index (χ3v) is 7.28. The molecule has 0 atom stereocenters. The maximum Gasteiger partial charge on any atom is 0.397 e. The Morgan fingerprint density at radius 3 is 2.45 bits per heavy atom. The predicted octanol–water partition coefficient (Wildman–Crippen LogP) is 3.38. The van der Waals surface area contributed by atoms with Gasteiger partial charge in [-0.2, -0.15) is 13.5 Å². The van der Waals surface area contributed by atoms with Gasteiger partial charge in [0.15, 0.2) is 22.2 Å². The highest BCUT2D eigenvalue weighted by Crippen LogP contribution is 2.32. The molecule has 2 aromatic carbocycles. The molecule has 0 aliphatic heterocycles. The molecule has 0 aromatic heterocycles. The Hall–Kier alpha value is -3.19. The van der Waals surface area contributed by atoms with Crippen molar-refractivity contribution in [3.8, 4) is 0 Å². The molecule has 0 radical (unpaired) electrons. The Kier molecular flexibility index (Phi) is 13.3. The van der Waals surface area contributed by atoms with Crippen LogP contribution in [-0.4, -0.2) is 71.2 Å². The highest BCUT2D eigenvalue weighted by atomic mass is 32.3. The number of anilines is 2. The van der Waals surface area contributed by atoms with Crippen molar-refractivity contribution in [2.45, 2.75) is 11.8 Å². The van der Waals surface area contributed by atoms with Gasteiger partial charge in [-0.05, 0) is 42.5 Å². The van der Waals surface area contributed by atoms with E-state index in [4.69, 9.17) is 20.6 Å². The van der Waals surface area contributed by atoms with Gasteiger partial charge in [-0.25, -0.2) is 24.4 Å². The fourth-order valence-electron chi connectivity index (χ4n) is 3.05. The average molecular weight is 620 g/mol. The SMILES string of the molecule is [C-]#[N+]CCN(CCOSOOO)c1ccc(N=Nc2ccc(S(=O)(=O)CCOS(=O)(=O)O)cc2)c(NC(C)=O)c1. The lowest BCUT2D eigenvalue weighted by molar-refractivity contribution is -0.434. The fourth-order valence-corrected chi connectivity index (χ4v) is 4.75.